The lowest BCUT2D eigenvalue weighted by atomic mass is 9.99. The second kappa shape index (κ2) is 5.35. The zero-order chi connectivity index (χ0) is 11.6. The third-order valence-corrected chi connectivity index (χ3v) is 3.86. The first-order valence-electron chi connectivity index (χ1n) is 5.10. The van der Waals surface area contributed by atoms with Crippen LogP contribution >= 0.6 is 31.9 Å². The molecule has 0 heterocycles. The molecule has 84 valence electrons. The Morgan fingerprint density at radius 1 is 1.27 bits per heavy atom. The van der Waals surface area contributed by atoms with Gasteiger partial charge in [-0.3, -0.25) is 0 Å². The summed E-state index contributed by atoms with van der Waals surface area (Å²) in [6, 6.07) is 1.91. The van der Waals surface area contributed by atoms with Crippen molar-refractivity contribution in [2.75, 3.05) is 0 Å². The maximum atomic E-state index is 9.81. The van der Waals surface area contributed by atoms with Crippen LogP contribution in [0.25, 0.3) is 0 Å². The molecule has 1 nitrogen and oxygen atoms in total. The van der Waals surface area contributed by atoms with E-state index in [4.69, 9.17) is 0 Å². The topological polar surface area (TPSA) is 20.2 Å². The highest BCUT2D eigenvalue weighted by Gasteiger charge is 2.12. The quantitative estimate of drug-likeness (QED) is 0.840. The van der Waals surface area contributed by atoms with Crippen LogP contribution in [0.4, 0.5) is 0 Å². The van der Waals surface area contributed by atoms with E-state index in [2.05, 4.69) is 45.7 Å². The molecule has 0 radical (unpaired) electrons. The molecule has 0 amide bonds. The smallest absolute Gasteiger partial charge is 0.133 e. The average molecular weight is 336 g/mol. The highest BCUT2D eigenvalue weighted by Crippen LogP contribution is 2.35. The van der Waals surface area contributed by atoms with Gasteiger partial charge >= 0.3 is 0 Å². The Hall–Kier alpha value is -0.0200. The zero-order valence-corrected chi connectivity index (χ0v) is 12.4. The lowest BCUT2D eigenvalue weighted by Gasteiger charge is -2.13. The van der Waals surface area contributed by atoms with Gasteiger partial charge in [-0.25, -0.2) is 0 Å². The van der Waals surface area contributed by atoms with Gasteiger partial charge in [-0.1, -0.05) is 29.8 Å². The summed E-state index contributed by atoms with van der Waals surface area (Å²) >= 11 is 6.87. The van der Waals surface area contributed by atoms with Crippen LogP contribution in [0.5, 0.6) is 5.75 Å². The molecule has 0 atom stereocenters. The van der Waals surface area contributed by atoms with Crippen LogP contribution in [-0.2, 0) is 6.42 Å². The fourth-order valence-corrected chi connectivity index (χ4v) is 3.07. The molecule has 0 aliphatic carbocycles. The fraction of sp³-hybridized carbons (Fsp3) is 0.500. The SMILES string of the molecule is Cc1c(O)c(Br)cc(Br)c1CCC(C)C. The Morgan fingerprint density at radius 2 is 1.87 bits per heavy atom. The number of halogens is 2. The number of hydrogen-bond donors (Lipinski definition) is 1. The van der Waals surface area contributed by atoms with E-state index in [1.54, 1.807) is 0 Å². The van der Waals surface area contributed by atoms with Gasteiger partial charge in [-0.15, -0.1) is 0 Å². The molecule has 0 fully saturated rings. The number of phenols is 1. The summed E-state index contributed by atoms with van der Waals surface area (Å²) in [6.07, 6.45) is 2.14. The minimum atomic E-state index is 0.358. The van der Waals surface area contributed by atoms with Gasteiger partial charge in [-0.05, 0) is 58.8 Å². The Bertz CT molecular complexity index is 359. The van der Waals surface area contributed by atoms with Crippen LogP contribution in [-0.4, -0.2) is 5.11 Å². The maximum absolute atomic E-state index is 9.81. The molecular weight excluding hydrogens is 320 g/mol. The molecule has 1 aromatic carbocycles. The third-order valence-electron chi connectivity index (χ3n) is 2.55. The molecule has 15 heavy (non-hydrogen) atoms. The Morgan fingerprint density at radius 3 is 2.40 bits per heavy atom. The molecule has 0 aliphatic rings. The van der Waals surface area contributed by atoms with Crippen molar-refractivity contribution < 1.29 is 5.11 Å². The van der Waals surface area contributed by atoms with E-state index in [0.29, 0.717) is 11.7 Å². The highest BCUT2D eigenvalue weighted by atomic mass is 79.9. The van der Waals surface area contributed by atoms with Crippen molar-refractivity contribution in [1.29, 1.82) is 0 Å². The van der Waals surface area contributed by atoms with Gasteiger partial charge in [0.1, 0.15) is 5.75 Å². The van der Waals surface area contributed by atoms with Gasteiger partial charge in [-0.2, -0.15) is 0 Å². The minimum Gasteiger partial charge on any atom is -0.506 e. The van der Waals surface area contributed by atoms with Crippen molar-refractivity contribution in [1.82, 2.24) is 0 Å². The fourth-order valence-electron chi connectivity index (χ4n) is 1.51. The first kappa shape index (κ1) is 13.0. The van der Waals surface area contributed by atoms with E-state index in [0.717, 1.165) is 27.4 Å². The van der Waals surface area contributed by atoms with E-state index < -0.39 is 0 Å². The summed E-state index contributed by atoms with van der Waals surface area (Å²) in [5.41, 5.74) is 2.18. The monoisotopic (exact) mass is 334 g/mol. The van der Waals surface area contributed by atoms with Gasteiger partial charge in [0.05, 0.1) is 4.47 Å². The Kier molecular flexibility index (Phi) is 4.65. The predicted molar refractivity (Wildman–Crippen MR) is 71.4 cm³/mol. The maximum Gasteiger partial charge on any atom is 0.133 e. The van der Waals surface area contributed by atoms with Gasteiger partial charge in [0, 0.05) is 4.47 Å². The van der Waals surface area contributed by atoms with Crippen molar-refractivity contribution in [3.05, 3.63) is 26.1 Å². The van der Waals surface area contributed by atoms with Crippen LogP contribution in [0.1, 0.15) is 31.4 Å². The lowest BCUT2D eigenvalue weighted by molar-refractivity contribution is 0.465. The molecule has 0 unspecified atom stereocenters. The molecule has 0 saturated heterocycles. The van der Waals surface area contributed by atoms with Crippen molar-refractivity contribution in [2.24, 2.45) is 5.92 Å². The zero-order valence-electron chi connectivity index (χ0n) is 9.27. The lowest BCUT2D eigenvalue weighted by Crippen LogP contribution is -1.97. The molecule has 0 aliphatic heterocycles. The van der Waals surface area contributed by atoms with Crippen LogP contribution in [0, 0.1) is 12.8 Å². The second-order valence-corrected chi connectivity index (χ2v) is 5.93. The third kappa shape index (κ3) is 3.22. The van der Waals surface area contributed by atoms with E-state index in [9.17, 15) is 5.11 Å². The average Bonchev–Trinajstić information content (AvgIpc) is 2.14. The van der Waals surface area contributed by atoms with Crippen molar-refractivity contribution in [2.45, 2.75) is 33.6 Å². The van der Waals surface area contributed by atoms with Crippen LogP contribution in [0.3, 0.4) is 0 Å². The Balaban J connectivity index is 3.02. The second-order valence-electron chi connectivity index (χ2n) is 4.22. The first-order valence-corrected chi connectivity index (χ1v) is 6.68. The highest BCUT2D eigenvalue weighted by molar-refractivity contribution is 9.11. The van der Waals surface area contributed by atoms with Crippen LogP contribution in [0.2, 0.25) is 0 Å². The molecule has 0 bridgehead atoms. The summed E-state index contributed by atoms with van der Waals surface area (Å²) < 4.78 is 1.82. The summed E-state index contributed by atoms with van der Waals surface area (Å²) in [4.78, 5) is 0. The molecule has 1 aromatic rings. The molecular formula is C12H16Br2O. The van der Waals surface area contributed by atoms with Crippen molar-refractivity contribution in [3.63, 3.8) is 0 Å². The van der Waals surface area contributed by atoms with Gasteiger partial charge in [0.2, 0.25) is 0 Å². The minimum absolute atomic E-state index is 0.358. The molecule has 0 aromatic heterocycles. The number of benzene rings is 1. The number of aromatic hydroxyl groups is 1. The summed E-state index contributed by atoms with van der Waals surface area (Å²) in [5, 5.41) is 9.81. The molecule has 1 N–H and O–H groups in total. The van der Waals surface area contributed by atoms with Crippen LogP contribution < -0.4 is 0 Å². The predicted octanol–water partition coefficient (Wildman–Crippen LogP) is 4.81. The summed E-state index contributed by atoms with van der Waals surface area (Å²) in [7, 11) is 0. The normalized spacial score (nSPS) is 11.1. The van der Waals surface area contributed by atoms with E-state index in [-0.39, 0.29) is 0 Å². The standard InChI is InChI=1S/C12H16Br2O/c1-7(2)4-5-9-8(3)12(15)11(14)6-10(9)13/h6-7,15H,4-5H2,1-3H3. The number of rotatable bonds is 3. The Labute approximate surface area is 108 Å². The van der Waals surface area contributed by atoms with Crippen LogP contribution in [0.15, 0.2) is 15.0 Å². The van der Waals surface area contributed by atoms with E-state index in [1.165, 1.54) is 5.56 Å². The molecule has 0 spiro atoms. The van der Waals surface area contributed by atoms with E-state index in [1.807, 2.05) is 13.0 Å². The molecule has 3 heteroatoms. The number of hydrogen-bond acceptors (Lipinski definition) is 1. The first-order chi connectivity index (χ1) is 6.93. The van der Waals surface area contributed by atoms with E-state index >= 15 is 0 Å². The largest absolute Gasteiger partial charge is 0.506 e. The van der Waals surface area contributed by atoms with Gasteiger partial charge in [0.25, 0.3) is 0 Å². The summed E-state index contributed by atoms with van der Waals surface area (Å²) in [6.45, 7) is 6.38. The molecule has 1 rings (SSSR count). The van der Waals surface area contributed by atoms with Crippen molar-refractivity contribution in [3.8, 4) is 5.75 Å². The van der Waals surface area contributed by atoms with Gasteiger partial charge in [0.15, 0.2) is 0 Å². The number of phenolic OH excluding ortho intramolecular Hbond substituents is 1. The van der Waals surface area contributed by atoms with Gasteiger partial charge < -0.3 is 5.11 Å². The molecule has 0 saturated carbocycles. The summed E-state index contributed by atoms with van der Waals surface area (Å²) in [5.74, 6) is 1.04. The van der Waals surface area contributed by atoms with Crippen molar-refractivity contribution >= 4 is 31.9 Å².